The monoisotopic (exact) mass is 414 g/mol. The molecule has 1 aromatic carbocycles. The Morgan fingerprint density at radius 1 is 1.23 bits per heavy atom. The zero-order valence-electron chi connectivity index (χ0n) is 18.0. The van der Waals surface area contributed by atoms with Crippen molar-refractivity contribution in [2.45, 2.75) is 62.0 Å². The molecule has 2 bridgehead atoms. The molecular formula is C24H34N2O4. The topological polar surface area (TPSA) is 73.2 Å². The van der Waals surface area contributed by atoms with Gasteiger partial charge >= 0.3 is 0 Å². The third-order valence-electron chi connectivity index (χ3n) is 8.24. The SMILES string of the molecule is COc1ccc2c(c1)C13CCN(CC4CC4)C(C2)C1(O)CCN(CCCO)C(=O)C3. The van der Waals surface area contributed by atoms with E-state index in [0.717, 1.165) is 43.2 Å². The summed E-state index contributed by atoms with van der Waals surface area (Å²) in [5.41, 5.74) is 0.875. The summed E-state index contributed by atoms with van der Waals surface area (Å²) in [5.74, 6) is 1.66. The quantitative estimate of drug-likeness (QED) is 0.741. The first kappa shape index (κ1) is 20.3. The number of likely N-dealkylation sites (tertiary alicyclic amines) is 2. The Morgan fingerprint density at radius 3 is 2.80 bits per heavy atom. The molecule has 1 amide bonds. The van der Waals surface area contributed by atoms with Gasteiger partial charge in [-0.05, 0) is 74.2 Å². The molecule has 0 spiro atoms. The summed E-state index contributed by atoms with van der Waals surface area (Å²) in [6.07, 6.45) is 5.73. The van der Waals surface area contributed by atoms with Gasteiger partial charge in [-0.1, -0.05) is 6.07 Å². The molecule has 3 fully saturated rings. The Balaban J connectivity index is 1.59. The van der Waals surface area contributed by atoms with E-state index in [0.29, 0.717) is 32.4 Å². The molecule has 0 aromatic heterocycles. The number of benzene rings is 1. The second kappa shape index (κ2) is 7.50. The molecule has 0 radical (unpaired) electrons. The summed E-state index contributed by atoms with van der Waals surface area (Å²) in [5, 5.41) is 21.7. The predicted molar refractivity (Wildman–Crippen MR) is 114 cm³/mol. The smallest absolute Gasteiger partial charge is 0.223 e. The molecule has 3 atom stereocenters. The zero-order chi connectivity index (χ0) is 20.9. The van der Waals surface area contributed by atoms with Gasteiger partial charge in [0.1, 0.15) is 5.75 Å². The van der Waals surface area contributed by atoms with E-state index in [1.807, 2.05) is 11.0 Å². The van der Waals surface area contributed by atoms with Crippen LogP contribution < -0.4 is 4.74 Å². The third kappa shape index (κ3) is 3.07. The number of fused-ring (bicyclic) bond motifs is 1. The van der Waals surface area contributed by atoms with Crippen LogP contribution in [0.5, 0.6) is 5.75 Å². The van der Waals surface area contributed by atoms with Gasteiger partial charge in [0, 0.05) is 44.1 Å². The third-order valence-corrected chi connectivity index (χ3v) is 8.24. The van der Waals surface area contributed by atoms with Crippen LogP contribution in [0, 0.1) is 5.92 Å². The van der Waals surface area contributed by atoms with Gasteiger partial charge in [0.2, 0.25) is 5.91 Å². The van der Waals surface area contributed by atoms with Crippen molar-refractivity contribution in [1.82, 2.24) is 9.80 Å². The van der Waals surface area contributed by atoms with Gasteiger partial charge in [-0.3, -0.25) is 9.69 Å². The molecule has 6 nitrogen and oxygen atoms in total. The van der Waals surface area contributed by atoms with E-state index in [-0.39, 0.29) is 18.6 Å². The standard InChI is InChI=1S/C24H34N2O4/c1-30-19-6-5-18-13-21-24(29)8-11-25(9-2-12-27)22(28)15-23(24,20(18)14-19)7-10-26(21)16-17-3-4-17/h5-6,14,17,21,27,29H,2-4,7-13,15-16H2,1H3. The van der Waals surface area contributed by atoms with Crippen LogP contribution in [0.2, 0.25) is 0 Å². The van der Waals surface area contributed by atoms with E-state index in [1.165, 1.54) is 18.4 Å². The number of aliphatic hydroxyl groups is 2. The second-order valence-corrected chi connectivity index (χ2v) is 9.82. The van der Waals surface area contributed by atoms with Gasteiger partial charge in [-0.15, -0.1) is 0 Å². The highest BCUT2D eigenvalue weighted by Gasteiger charge is 2.64. The Morgan fingerprint density at radius 2 is 2.07 bits per heavy atom. The molecule has 1 aromatic rings. The number of aliphatic hydroxyl groups excluding tert-OH is 1. The number of hydrogen-bond donors (Lipinski definition) is 2. The maximum absolute atomic E-state index is 13.3. The lowest BCUT2D eigenvalue weighted by Gasteiger charge is -2.61. The van der Waals surface area contributed by atoms with Crippen molar-refractivity contribution in [3.63, 3.8) is 0 Å². The van der Waals surface area contributed by atoms with Gasteiger partial charge in [-0.25, -0.2) is 0 Å². The number of ether oxygens (including phenoxy) is 1. The number of carbonyl (C=O) groups excluding carboxylic acids is 1. The van der Waals surface area contributed by atoms with Crippen molar-refractivity contribution in [2.24, 2.45) is 5.92 Å². The fourth-order valence-electron chi connectivity index (χ4n) is 6.40. The lowest BCUT2D eigenvalue weighted by Crippen LogP contribution is -2.71. The molecule has 3 unspecified atom stereocenters. The normalized spacial score (nSPS) is 33.6. The van der Waals surface area contributed by atoms with Crippen molar-refractivity contribution in [1.29, 1.82) is 0 Å². The molecule has 1 saturated carbocycles. The average Bonchev–Trinajstić information content (AvgIpc) is 3.56. The van der Waals surface area contributed by atoms with Crippen LogP contribution in [0.4, 0.5) is 0 Å². The first-order chi connectivity index (χ1) is 14.5. The number of rotatable bonds is 6. The van der Waals surface area contributed by atoms with Gasteiger partial charge in [0.15, 0.2) is 0 Å². The fourth-order valence-corrected chi connectivity index (χ4v) is 6.40. The second-order valence-electron chi connectivity index (χ2n) is 9.82. The van der Waals surface area contributed by atoms with E-state index in [4.69, 9.17) is 4.74 Å². The first-order valence-electron chi connectivity index (χ1n) is 11.5. The summed E-state index contributed by atoms with van der Waals surface area (Å²) in [6.45, 7) is 3.20. The minimum Gasteiger partial charge on any atom is -0.497 e. The van der Waals surface area contributed by atoms with Gasteiger partial charge in [-0.2, -0.15) is 0 Å². The Hall–Kier alpha value is -1.63. The molecule has 2 saturated heterocycles. The molecule has 5 rings (SSSR count). The van der Waals surface area contributed by atoms with E-state index in [2.05, 4.69) is 17.0 Å². The van der Waals surface area contributed by atoms with Crippen molar-refractivity contribution in [3.8, 4) is 5.75 Å². The van der Waals surface area contributed by atoms with Crippen molar-refractivity contribution >= 4 is 5.91 Å². The number of amides is 1. The Labute approximate surface area is 178 Å². The number of nitrogens with zero attached hydrogens (tertiary/aromatic N) is 2. The molecule has 2 N–H and O–H groups in total. The molecule has 6 heteroatoms. The highest BCUT2D eigenvalue weighted by Crippen LogP contribution is 2.57. The van der Waals surface area contributed by atoms with Gasteiger partial charge in [0.05, 0.1) is 12.7 Å². The fraction of sp³-hybridized carbons (Fsp3) is 0.708. The number of carbonyl (C=O) groups is 1. The first-order valence-corrected chi connectivity index (χ1v) is 11.5. The summed E-state index contributed by atoms with van der Waals surface area (Å²) >= 11 is 0. The van der Waals surface area contributed by atoms with E-state index in [1.54, 1.807) is 7.11 Å². The average molecular weight is 415 g/mol. The highest BCUT2D eigenvalue weighted by atomic mass is 16.5. The van der Waals surface area contributed by atoms with Crippen LogP contribution in [0.1, 0.15) is 49.7 Å². The molecule has 4 aliphatic rings. The zero-order valence-corrected chi connectivity index (χ0v) is 18.0. The van der Waals surface area contributed by atoms with E-state index < -0.39 is 11.0 Å². The minimum atomic E-state index is -0.927. The molecule has 164 valence electrons. The molecule has 2 heterocycles. The summed E-state index contributed by atoms with van der Waals surface area (Å²) < 4.78 is 5.53. The Bertz CT molecular complexity index is 825. The maximum atomic E-state index is 13.3. The Kier molecular flexibility index (Phi) is 5.07. The van der Waals surface area contributed by atoms with Crippen LogP contribution in [0.25, 0.3) is 0 Å². The molecular weight excluding hydrogens is 380 g/mol. The highest BCUT2D eigenvalue weighted by molar-refractivity contribution is 5.79. The van der Waals surface area contributed by atoms with Crippen LogP contribution in [-0.2, 0) is 16.6 Å². The lowest BCUT2D eigenvalue weighted by molar-refractivity contribution is -0.153. The van der Waals surface area contributed by atoms with Gasteiger partial charge < -0.3 is 19.8 Å². The molecule has 2 aliphatic heterocycles. The van der Waals surface area contributed by atoms with Crippen molar-refractivity contribution in [2.75, 3.05) is 39.9 Å². The molecule has 2 aliphatic carbocycles. The number of piperidine rings is 1. The maximum Gasteiger partial charge on any atom is 0.223 e. The van der Waals surface area contributed by atoms with Crippen LogP contribution >= 0.6 is 0 Å². The number of hydrogen-bond acceptors (Lipinski definition) is 5. The van der Waals surface area contributed by atoms with E-state index in [9.17, 15) is 15.0 Å². The van der Waals surface area contributed by atoms with Gasteiger partial charge in [0.25, 0.3) is 0 Å². The van der Waals surface area contributed by atoms with Crippen molar-refractivity contribution in [3.05, 3.63) is 29.3 Å². The minimum absolute atomic E-state index is 0.0540. The number of methoxy groups -OCH3 is 1. The van der Waals surface area contributed by atoms with Crippen LogP contribution in [0.15, 0.2) is 18.2 Å². The summed E-state index contributed by atoms with van der Waals surface area (Å²) in [4.78, 5) is 17.7. The largest absolute Gasteiger partial charge is 0.497 e. The summed E-state index contributed by atoms with van der Waals surface area (Å²) in [7, 11) is 1.67. The summed E-state index contributed by atoms with van der Waals surface area (Å²) in [6, 6.07) is 6.27. The van der Waals surface area contributed by atoms with Crippen molar-refractivity contribution < 1.29 is 19.7 Å². The predicted octanol–water partition coefficient (Wildman–Crippen LogP) is 1.71. The molecule has 30 heavy (non-hydrogen) atoms. The van der Waals surface area contributed by atoms with Crippen LogP contribution in [-0.4, -0.2) is 77.5 Å². The van der Waals surface area contributed by atoms with Crippen LogP contribution in [0.3, 0.4) is 0 Å². The lowest BCUT2D eigenvalue weighted by atomic mass is 9.52. The van der Waals surface area contributed by atoms with E-state index >= 15 is 0 Å².